The molecule has 2 amide bonds. The van der Waals surface area contributed by atoms with Crippen LogP contribution in [0.1, 0.15) is 40.1 Å². The molecule has 0 unspecified atom stereocenters. The maximum atomic E-state index is 13.0. The van der Waals surface area contributed by atoms with Gasteiger partial charge in [0.15, 0.2) is 0 Å². The third-order valence-electron chi connectivity index (χ3n) is 4.25. The number of hydrogen-bond donors (Lipinski definition) is 2. The minimum atomic E-state index is -0.277. The molecule has 0 saturated carbocycles. The minimum Gasteiger partial charge on any atom is -0.341 e. The molecule has 0 fully saturated rings. The molecule has 0 radical (unpaired) electrons. The van der Waals surface area contributed by atoms with Gasteiger partial charge in [-0.05, 0) is 42.6 Å². The lowest BCUT2D eigenvalue weighted by molar-refractivity contribution is 0.0741. The minimum absolute atomic E-state index is 0.153. The third kappa shape index (κ3) is 4.67. The highest BCUT2D eigenvalue weighted by molar-refractivity contribution is 6.09. The van der Waals surface area contributed by atoms with Gasteiger partial charge in [0.1, 0.15) is 0 Å². The summed E-state index contributed by atoms with van der Waals surface area (Å²) in [5.74, 6) is -0.430. The molecule has 138 valence electrons. The van der Waals surface area contributed by atoms with Crippen LogP contribution in [-0.4, -0.2) is 41.8 Å². The van der Waals surface area contributed by atoms with Gasteiger partial charge in [-0.1, -0.05) is 26.0 Å². The first kappa shape index (κ1) is 19.6. The number of nitrogens with one attached hydrogen (secondary N) is 1. The van der Waals surface area contributed by atoms with Crippen molar-refractivity contribution in [3.05, 3.63) is 59.4 Å². The highest BCUT2D eigenvalue weighted by atomic mass is 16.2. The molecule has 6 heteroatoms. The number of aryl methyl sites for hydroxylation is 1. The van der Waals surface area contributed by atoms with Gasteiger partial charge in [0.2, 0.25) is 0 Å². The van der Waals surface area contributed by atoms with E-state index >= 15 is 0 Å². The van der Waals surface area contributed by atoms with E-state index in [0.29, 0.717) is 29.9 Å². The Labute approximate surface area is 154 Å². The first-order valence-corrected chi connectivity index (χ1v) is 8.52. The quantitative estimate of drug-likeness (QED) is 0.835. The van der Waals surface area contributed by atoms with Crippen molar-refractivity contribution in [3.8, 4) is 0 Å². The number of nitrogens with two attached hydrogens (primary N) is 1. The van der Waals surface area contributed by atoms with Gasteiger partial charge in [-0.15, -0.1) is 0 Å². The van der Waals surface area contributed by atoms with Crippen LogP contribution < -0.4 is 11.1 Å². The summed E-state index contributed by atoms with van der Waals surface area (Å²) in [4.78, 5) is 31.0. The van der Waals surface area contributed by atoms with Gasteiger partial charge >= 0.3 is 0 Å². The molecule has 6 nitrogen and oxygen atoms in total. The zero-order valence-corrected chi connectivity index (χ0v) is 15.7. The van der Waals surface area contributed by atoms with Crippen LogP contribution in [0.4, 0.5) is 5.69 Å². The Kier molecular flexibility index (Phi) is 6.10. The van der Waals surface area contributed by atoms with Gasteiger partial charge in [-0.3, -0.25) is 14.6 Å². The van der Waals surface area contributed by atoms with Crippen LogP contribution in [0.2, 0.25) is 0 Å². The number of carbonyl (C=O) groups excluding carboxylic acids is 2. The highest BCUT2D eigenvalue weighted by Crippen LogP contribution is 2.24. The lowest BCUT2D eigenvalue weighted by Gasteiger charge is -2.29. The average Bonchev–Trinajstić information content (AvgIpc) is 2.63. The van der Waals surface area contributed by atoms with Gasteiger partial charge in [-0.2, -0.15) is 0 Å². The number of pyridine rings is 1. The van der Waals surface area contributed by atoms with Crippen LogP contribution in [0, 0.1) is 12.3 Å². The lowest BCUT2D eigenvalue weighted by Crippen LogP contribution is -2.40. The van der Waals surface area contributed by atoms with E-state index in [0.717, 1.165) is 5.56 Å². The summed E-state index contributed by atoms with van der Waals surface area (Å²) in [6.07, 6.45) is 3.11. The largest absolute Gasteiger partial charge is 0.341 e. The van der Waals surface area contributed by atoms with Crippen molar-refractivity contribution in [2.24, 2.45) is 11.1 Å². The molecule has 26 heavy (non-hydrogen) atoms. The molecule has 3 N–H and O–H groups in total. The number of carbonyl (C=O) groups is 2. The van der Waals surface area contributed by atoms with E-state index < -0.39 is 0 Å². The molecule has 0 bridgehead atoms. The third-order valence-corrected chi connectivity index (χ3v) is 4.25. The van der Waals surface area contributed by atoms with Crippen molar-refractivity contribution in [3.63, 3.8) is 0 Å². The molecule has 0 aliphatic heterocycles. The number of aromatic nitrogens is 1. The van der Waals surface area contributed by atoms with Crippen LogP contribution in [-0.2, 0) is 0 Å². The normalized spacial score (nSPS) is 11.1. The van der Waals surface area contributed by atoms with E-state index in [4.69, 9.17) is 5.73 Å². The maximum absolute atomic E-state index is 13.0. The van der Waals surface area contributed by atoms with Gasteiger partial charge in [0, 0.05) is 31.5 Å². The lowest BCUT2D eigenvalue weighted by atomic mass is 9.93. The van der Waals surface area contributed by atoms with Crippen molar-refractivity contribution in [1.29, 1.82) is 0 Å². The van der Waals surface area contributed by atoms with Crippen LogP contribution >= 0.6 is 0 Å². The number of rotatable bonds is 6. The molecular formula is C20H26N4O2. The van der Waals surface area contributed by atoms with E-state index in [1.165, 1.54) is 0 Å². The molecule has 0 spiro atoms. The molecule has 2 aromatic rings. The van der Waals surface area contributed by atoms with Gasteiger partial charge in [0.25, 0.3) is 11.8 Å². The van der Waals surface area contributed by atoms with E-state index in [1.807, 2.05) is 32.9 Å². The number of benzene rings is 1. The highest BCUT2D eigenvalue weighted by Gasteiger charge is 2.24. The predicted octanol–water partition coefficient (Wildman–Crippen LogP) is 2.70. The Morgan fingerprint density at radius 1 is 1.19 bits per heavy atom. The molecular weight excluding hydrogens is 328 g/mol. The fourth-order valence-electron chi connectivity index (χ4n) is 2.68. The average molecular weight is 354 g/mol. The molecule has 1 aromatic carbocycles. The molecule has 1 heterocycles. The van der Waals surface area contributed by atoms with Gasteiger partial charge in [-0.25, -0.2) is 0 Å². The standard InChI is InChI=1S/C20H26N4O2/c1-14-6-5-7-16(19(26)24(4)13-20(2,3)12-21)17(14)23-18(25)15-8-10-22-11-9-15/h5-11H,12-13,21H2,1-4H3,(H,23,25). The summed E-state index contributed by atoms with van der Waals surface area (Å²) < 4.78 is 0. The monoisotopic (exact) mass is 354 g/mol. The van der Waals surface area contributed by atoms with E-state index in [-0.39, 0.29) is 17.2 Å². The second-order valence-corrected chi connectivity index (χ2v) is 7.22. The summed E-state index contributed by atoms with van der Waals surface area (Å²) >= 11 is 0. The summed E-state index contributed by atoms with van der Waals surface area (Å²) in [5.41, 5.74) is 7.89. The van der Waals surface area contributed by atoms with Crippen molar-refractivity contribution in [2.45, 2.75) is 20.8 Å². The van der Waals surface area contributed by atoms with E-state index in [9.17, 15) is 9.59 Å². The Balaban J connectivity index is 2.29. The number of nitrogens with zero attached hydrogens (tertiary/aromatic N) is 2. The smallest absolute Gasteiger partial charge is 0.255 e. The number of hydrogen-bond acceptors (Lipinski definition) is 4. The van der Waals surface area contributed by atoms with Crippen LogP contribution in [0.5, 0.6) is 0 Å². The van der Waals surface area contributed by atoms with Gasteiger partial charge < -0.3 is 16.0 Å². The van der Waals surface area contributed by atoms with E-state index in [2.05, 4.69) is 10.3 Å². The summed E-state index contributed by atoms with van der Waals surface area (Å²) in [5, 5.41) is 2.87. The van der Waals surface area contributed by atoms with Crippen molar-refractivity contribution >= 4 is 17.5 Å². The topological polar surface area (TPSA) is 88.3 Å². The van der Waals surface area contributed by atoms with Gasteiger partial charge in [0.05, 0.1) is 11.3 Å². The van der Waals surface area contributed by atoms with Crippen molar-refractivity contribution in [1.82, 2.24) is 9.88 Å². The zero-order valence-electron chi connectivity index (χ0n) is 15.7. The zero-order chi connectivity index (χ0) is 19.3. The predicted molar refractivity (Wildman–Crippen MR) is 103 cm³/mol. The molecule has 1 aromatic heterocycles. The molecule has 2 rings (SSSR count). The second kappa shape index (κ2) is 8.10. The second-order valence-electron chi connectivity index (χ2n) is 7.22. The Bertz CT molecular complexity index is 788. The number of para-hydroxylation sites is 1. The Morgan fingerprint density at radius 3 is 2.46 bits per heavy atom. The Morgan fingerprint density at radius 2 is 1.85 bits per heavy atom. The van der Waals surface area contributed by atoms with Crippen molar-refractivity contribution < 1.29 is 9.59 Å². The summed E-state index contributed by atoms with van der Waals surface area (Å²) in [7, 11) is 1.75. The summed E-state index contributed by atoms with van der Waals surface area (Å²) in [6, 6.07) is 8.66. The fraction of sp³-hybridized carbons (Fsp3) is 0.350. The molecule has 0 atom stereocenters. The first-order valence-electron chi connectivity index (χ1n) is 8.52. The number of amides is 2. The summed E-state index contributed by atoms with van der Waals surface area (Å²) in [6.45, 7) is 6.89. The molecule has 0 aliphatic carbocycles. The van der Waals surface area contributed by atoms with E-state index in [1.54, 1.807) is 42.5 Å². The number of anilines is 1. The van der Waals surface area contributed by atoms with Crippen molar-refractivity contribution in [2.75, 3.05) is 25.5 Å². The van der Waals surface area contributed by atoms with Crippen LogP contribution in [0.25, 0.3) is 0 Å². The van der Waals surface area contributed by atoms with Crippen LogP contribution in [0.15, 0.2) is 42.7 Å². The molecule has 0 aliphatic rings. The first-order chi connectivity index (χ1) is 12.2. The molecule has 0 saturated heterocycles. The maximum Gasteiger partial charge on any atom is 0.255 e. The van der Waals surface area contributed by atoms with Crippen LogP contribution in [0.3, 0.4) is 0 Å². The Hall–Kier alpha value is -2.73. The SMILES string of the molecule is Cc1cccc(C(=O)N(C)CC(C)(C)CN)c1NC(=O)c1ccncc1. The fourth-order valence-corrected chi connectivity index (χ4v) is 2.68.